The van der Waals surface area contributed by atoms with E-state index in [-0.39, 0.29) is 5.97 Å². The van der Waals surface area contributed by atoms with Gasteiger partial charge in [0.15, 0.2) is 0 Å². The number of nitrogens with one attached hydrogen (secondary N) is 1. The maximum atomic E-state index is 11.8. The van der Waals surface area contributed by atoms with E-state index in [1.807, 2.05) is 0 Å². The summed E-state index contributed by atoms with van der Waals surface area (Å²) < 4.78 is 5.04. The highest BCUT2D eigenvalue weighted by Crippen LogP contribution is 2.32. The molecule has 0 aromatic heterocycles. The van der Waals surface area contributed by atoms with Gasteiger partial charge in [0.1, 0.15) is 0 Å². The quantitative estimate of drug-likeness (QED) is 0.656. The average molecular weight is 290 g/mol. The Morgan fingerprint density at radius 1 is 1.33 bits per heavy atom. The van der Waals surface area contributed by atoms with E-state index in [0.29, 0.717) is 29.8 Å². The second kappa shape index (κ2) is 6.83. The van der Waals surface area contributed by atoms with Crippen molar-refractivity contribution >= 4 is 17.3 Å². The van der Waals surface area contributed by atoms with E-state index in [1.54, 1.807) is 25.1 Å². The van der Waals surface area contributed by atoms with E-state index in [0.717, 1.165) is 24.4 Å². The van der Waals surface area contributed by atoms with Crippen LogP contribution in [0.4, 0.5) is 11.4 Å². The number of nitrogen functional groups attached to an aromatic ring is 1. The molecule has 3 N–H and O–H groups in total. The molecule has 4 heteroatoms. The Hall–Kier alpha value is -1.71. The first-order chi connectivity index (χ1) is 10.0. The minimum Gasteiger partial charge on any atom is -0.462 e. The lowest BCUT2D eigenvalue weighted by Crippen LogP contribution is -2.30. The fourth-order valence-corrected chi connectivity index (χ4v) is 2.92. The molecule has 1 aliphatic carbocycles. The fraction of sp³-hybridized carbons (Fsp3) is 0.588. The average Bonchev–Trinajstić information content (AvgIpc) is 2.45. The Balaban J connectivity index is 2.09. The summed E-state index contributed by atoms with van der Waals surface area (Å²) in [6, 6.07) is 5.71. The molecule has 0 saturated heterocycles. The number of ether oxygens (including phenoxy) is 1. The summed E-state index contributed by atoms with van der Waals surface area (Å²) in [7, 11) is 0. The van der Waals surface area contributed by atoms with Crippen molar-refractivity contribution in [3.05, 3.63) is 23.8 Å². The van der Waals surface area contributed by atoms with Crippen LogP contribution in [0, 0.1) is 11.8 Å². The standard InChI is InChI=1S/C17H26N2O2/c1-4-21-17(20)13-6-8-15(18)16(10-13)19-14-7-5-11(2)12(3)9-14/h6,8,10-12,14,19H,4-5,7,9,18H2,1-3H3. The summed E-state index contributed by atoms with van der Waals surface area (Å²) in [6.45, 7) is 6.80. The number of hydrogen-bond acceptors (Lipinski definition) is 4. The van der Waals surface area contributed by atoms with Crippen molar-refractivity contribution in [2.45, 2.75) is 46.1 Å². The zero-order chi connectivity index (χ0) is 15.4. The molecule has 21 heavy (non-hydrogen) atoms. The van der Waals surface area contributed by atoms with Crippen LogP contribution in [0.25, 0.3) is 0 Å². The molecule has 0 aliphatic heterocycles. The van der Waals surface area contributed by atoms with E-state index in [9.17, 15) is 4.79 Å². The maximum absolute atomic E-state index is 11.8. The van der Waals surface area contributed by atoms with E-state index in [2.05, 4.69) is 19.2 Å². The highest BCUT2D eigenvalue weighted by atomic mass is 16.5. The molecule has 0 amide bonds. The zero-order valence-electron chi connectivity index (χ0n) is 13.2. The van der Waals surface area contributed by atoms with Crippen molar-refractivity contribution in [3.63, 3.8) is 0 Å². The third-order valence-corrected chi connectivity index (χ3v) is 4.52. The van der Waals surface area contributed by atoms with Gasteiger partial charge in [-0.2, -0.15) is 0 Å². The van der Waals surface area contributed by atoms with Crippen LogP contribution >= 0.6 is 0 Å². The minimum atomic E-state index is -0.300. The zero-order valence-corrected chi connectivity index (χ0v) is 13.2. The molecule has 0 radical (unpaired) electrons. The van der Waals surface area contributed by atoms with E-state index in [4.69, 9.17) is 10.5 Å². The van der Waals surface area contributed by atoms with Crippen LogP contribution < -0.4 is 11.1 Å². The predicted octanol–water partition coefficient (Wildman–Crippen LogP) is 3.68. The van der Waals surface area contributed by atoms with Gasteiger partial charge in [0.05, 0.1) is 23.5 Å². The summed E-state index contributed by atoms with van der Waals surface area (Å²) in [6.07, 6.45) is 3.52. The van der Waals surface area contributed by atoms with Crippen LogP contribution in [-0.4, -0.2) is 18.6 Å². The molecule has 2 rings (SSSR count). The molecule has 1 aromatic carbocycles. The van der Waals surface area contributed by atoms with Crippen molar-refractivity contribution < 1.29 is 9.53 Å². The lowest BCUT2D eigenvalue weighted by atomic mass is 9.79. The second-order valence-corrected chi connectivity index (χ2v) is 6.13. The van der Waals surface area contributed by atoms with Crippen molar-refractivity contribution in [2.24, 2.45) is 11.8 Å². The number of carbonyl (C=O) groups excluding carboxylic acids is 1. The molecule has 3 unspecified atom stereocenters. The number of nitrogens with two attached hydrogens (primary N) is 1. The van der Waals surface area contributed by atoms with Crippen LogP contribution in [0.5, 0.6) is 0 Å². The number of anilines is 2. The Morgan fingerprint density at radius 3 is 2.76 bits per heavy atom. The first kappa shape index (κ1) is 15.7. The Kier molecular flexibility index (Phi) is 5.10. The first-order valence-corrected chi connectivity index (χ1v) is 7.84. The summed E-state index contributed by atoms with van der Waals surface area (Å²) in [5.41, 5.74) is 8.09. The normalized spacial score (nSPS) is 25.4. The molecule has 1 saturated carbocycles. The fourth-order valence-electron chi connectivity index (χ4n) is 2.92. The second-order valence-electron chi connectivity index (χ2n) is 6.13. The summed E-state index contributed by atoms with van der Waals surface area (Å²) in [5.74, 6) is 1.20. The van der Waals surface area contributed by atoms with Crippen molar-refractivity contribution in [2.75, 3.05) is 17.7 Å². The van der Waals surface area contributed by atoms with Gasteiger partial charge in [-0.1, -0.05) is 13.8 Å². The first-order valence-electron chi connectivity index (χ1n) is 7.84. The molecule has 1 aliphatic rings. The maximum Gasteiger partial charge on any atom is 0.338 e. The van der Waals surface area contributed by atoms with Crippen LogP contribution in [0.1, 0.15) is 50.4 Å². The number of carbonyl (C=O) groups is 1. The van der Waals surface area contributed by atoms with Gasteiger partial charge in [0.2, 0.25) is 0 Å². The molecule has 1 fully saturated rings. The van der Waals surface area contributed by atoms with Crippen LogP contribution in [0.15, 0.2) is 18.2 Å². The molecular formula is C17H26N2O2. The monoisotopic (exact) mass is 290 g/mol. The largest absolute Gasteiger partial charge is 0.462 e. The van der Waals surface area contributed by atoms with Gasteiger partial charge in [0.25, 0.3) is 0 Å². The number of rotatable bonds is 4. The highest BCUT2D eigenvalue weighted by molar-refractivity contribution is 5.92. The van der Waals surface area contributed by atoms with Crippen molar-refractivity contribution in [1.29, 1.82) is 0 Å². The Morgan fingerprint density at radius 2 is 2.10 bits per heavy atom. The lowest BCUT2D eigenvalue weighted by Gasteiger charge is -2.33. The molecule has 0 bridgehead atoms. The van der Waals surface area contributed by atoms with Crippen LogP contribution in [-0.2, 0) is 4.74 Å². The van der Waals surface area contributed by atoms with Crippen molar-refractivity contribution in [3.8, 4) is 0 Å². The summed E-state index contributed by atoms with van der Waals surface area (Å²) in [5, 5.41) is 3.50. The number of benzene rings is 1. The van der Waals surface area contributed by atoms with Gasteiger partial charge in [-0.3, -0.25) is 0 Å². The van der Waals surface area contributed by atoms with Gasteiger partial charge in [-0.05, 0) is 56.2 Å². The Bertz CT molecular complexity index is 502. The van der Waals surface area contributed by atoms with Gasteiger partial charge >= 0.3 is 5.97 Å². The van der Waals surface area contributed by atoms with E-state index >= 15 is 0 Å². The van der Waals surface area contributed by atoms with Gasteiger partial charge in [-0.25, -0.2) is 4.79 Å². The molecule has 0 heterocycles. The minimum absolute atomic E-state index is 0.300. The molecule has 1 aromatic rings. The van der Waals surface area contributed by atoms with Gasteiger partial charge in [0, 0.05) is 6.04 Å². The molecule has 0 spiro atoms. The van der Waals surface area contributed by atoms with Crippen LogP contribution in [0.3, 0.4) is 0 Å². The van der Waals surface area contributed by atoms with E-state index in [1.165, 1.54) is 6.42 Å². The molecular weight excluding hydrogens is 264 g/mol. The van der Waals surface area contributed by atoms with Crippen molar-refractivity contribution in [1.82, 2.24) is 0 Å². The smallest absolute Gasteiger partial charge is 0.338 e. The summed E-state index contributed by atoms with van der Waals surface area (Å²) >= 11 is 0. The highest BCUT2D eigenvalue weighted by Gasteiger charge is 2.24. The molecule has 4 nitrogen and oxygen atoms in total. The predicted molar refractivity (Wildman–Crippen MR) is 86.4 cm³/mol. The SMILES string of the molecule is CCOC(=O)c1ccc(N)c(NC2CCC(C)C(C)C2)c1. The van der Waals surface area contributed by atoms with Crippen LogP contribution in [0.2, 0.25) is 0 Å². The topological polar surface area (TPSA) is 64.3 Å². The third kappa shape index (κ3) is 3.90. The Labute approximate surface area is 127 Å². The molecule has 3 atom stereocenters. The molecule has 116 valence electrons. The van der Waals surface area contributed by atoms with Gasteiger partial charge < -0.3 is 15.8 Å². The number of hydrogen-bond donors (Lipinski definition) is 2. The van der Waals surface area contributed by atoms with Gasteiger partial charge in [-0.15, -0.1) is 0 Å². The summed E-state index contributed by atoms with van der Waals surface area (Å²) in [4.78, 5) is 11.8. The third-order valence-electron chi connectivity index (χ3n) is 4.52. The van der Waals surface area contributed by atoms with E-state index < -0.39 is 0 Å². The lowest BCUT2D eigenvalue weighted by molar-refractivity contribution is 0.0526. The number of esters is 1.